The predicted octanol–water partition coefficient (Wildman–Crippen LogP) is 5.82. The molecule has 2 unspecified atom stereocenters. The van der Waals surface area contributed by atoms with Crippen LogP contribution in [0, 0.1) is 5.92 Å². The lowest BCUT2D eigenvalue weighted by Gasteiger charge is -2.45. The monoisotopic (exact) mass is 749 g/mol. The molecule has 2 N–H and O–H groups in total. The van der Waals surface area contributed by atoms with Crippen LogP contribution in [-0.2, 0) is 28.7 Å². The van der Waals surface area contributed by atoms with E-state index in [9.17, 15) is 27.6 Å². The third kappa shape index (κ3) is 7.56. The minimum absolute atomic E-state index is 0.0239. The number of rotatable bonds is 8. The summed E-state index contributed by atoms with van der Waals surface area (Å²) < 4.78 is 42.2. The summed E-state index contributed by atoms with van der Waals surface area (Å²) >= 11 is 7.84. The normalized spacial score (nSPS) is 25.5. The SMILES string of the molecule is CNc1c(Cl)cc(C[C@@H](CC(=O)N2CCC(N3Cc4ccsc4NC3=O)CC2)C(=O)N2CCN(C3CC4CCC(C3)N4C)CC2)cc1C(F)(F)F. The number of alkyl halides is 3. The van der Waals surface area contributed by atoms with Gasteiger partial charge < -0.3 is 24.9 Å². The van der Waals surface area contributed by atoms with Crippen LogP contribution in [0.15, 0.2) is 23.6 Å². The van der Waals surface area contributed by atoms with E-state index in [0.717, 1.165) is 42.6 Å². The van der Waals surface area contributed by atoms with Gasteiger partial charge in [-0.1, -0.05) is 11.6 Å². The van der Waals surface area contributed by atoms with Crippen LogP contribution in [0.5, 0.6) is 0 Å². The van der Waals surface area contributed by atoms with Crippen LogP contribution >= 0.6 is 22.9 Å². The molecule has 4 saturated heterocycles. The van der Waals surface area contributed by atoms with Crippen molar-refractivity contribution in [2.75, 3.05) is 64.0 Å². The van der Waals surface area contributed by atoms with Gasteiger partial charge in [-0.3, -0.25) is 19.8 Å². The molecule has 0 saturated carbocycles. The molecule has 4 fully saturated rings. The lowest BCUT2D eigenvalue weighted by molar-refractivity contribution is -0.143. The summed E-state index contributed by atoms with van der Waals surface area (Å²) in [6, 6.07) is 6.08. The van der Waals surface area contributed by atoms with Gasteiger partial charge >= 0.3 is 12.2 Å². The zero-order valence-electron chi connectivity index (χ0n) is 29.2. The molecule has 3 atom stereocenters. The number of piperidine rings is 2. The molecule has 5 aliphatic heterocycles. The van der Waals surface area contributed by atoms with Gasteiger partial charge in [0.15, 0.2) is 0 Å². The van der Waals surface area contributed by atoms with Crippen molar-refractivity contribution in [3.63, 3.8) is 0 Å². The van der Waals surface area contributed by atoms with Crippen molar-refractivity contribution in [3.05, 3.63) is 45.3 Å². The summed E-state index contributed by atoms with van der Waals surface area (Å²) in [7, 11) is 3.61. The van der Waals surface area contributed by atoms with Crippen molar-refractivity contribution in [3.8, 4) is 0 Å². The van der Waals surface area contributed by atoms with Crippen LogP contribution in [0.2, 0.25) is 5.02 Å². The van der Waals surface area contributed by atoms with Gasteiger partial charge in [-0.2, -0.15) is 13.2 Å². The number of halogens is 4. The number of carbonyl (C=O) groups is 3. The minimum atomic E-state index is -4.66. The number of fused-ring (bicyclic) bond motifs is 3. The van der Waals surface area contributed by atoms with E-state index in [0.29, 0.717) is 63.7 Å². The zero-order valence-corrected chi connectivity index (χ0v) is 30.8. The van der Waals surface area contributed by atoms with Gasteiger partial charge in [-0.25, -0.2) is 4.79 Å². The molecule has 51 heavy (non-hydrogen) atoms. The molecular formula is C36H47ClF3N7O3S. The molecular weight excluding hydrogens is 703 g/mol. The lowest BCUT2D eigenvalue weighted by Crippen LogP contribution is -2.56. The number of hydrogen-bond donors (Lipinski definition) is 2. The maximum atomic E-state index is 14.2. The van der Waals surface area contributed by atoms with Gasteiger partial charge in [0.25, 0.3) is 0 Å². The molecule has 1 aromatic carbocycles. The molecule has 2 aromatic rings. The molecule has 0 aliphatic carbocycles. The Morgan fingerprint density at radius 2 is 1.67 bits per heavy atom. The number of amides is 4. The number of urea groups is 1. The van der Waals surface area contributed by atoms with Crippen LogP contribution in [0.4, 0.5) is 28.7 Å². The molecule has 1 aromatic heterocycles. The second-order valence-corrected chi connectivity index (χ2v) is 16.2. The van der Waals surface area contributed by atoms with Gasteiger partial charge in [-0.15, -0.1) is 11.3 Å². The Morgan fingerprint density at radius 3 is 2.31 bits per heavy atom. The summed E-state index contributed by atoms with van der Waals surface area (Å²) in [5.41, 5.74) is 0.228. The van der Waals surface area contributed by atoms with Gasteiger partial charge in [-0.05, 0) is 81.1 Å². The average molecular weight is 750 g/mol. The Kier molecular flexibility index (Phi) is 10.5. The number of hydrogen-bond acceptors (Lipinski definition) is 7. The van der Waals surface area contributed by atoms with E-state index >= 15 is 0 Å². The molecule has 15 heteroatoms. The molecule has 5 aliphatic rings. The van der Waals surface area contributed by atoms with Crippen molar-refractivity contribution in [2.45, 2.75) is 88.3 Å². The third-order valence-corrected chi connectivity index (χ3v) is 13.2. The summed E-state index contributed by atoms with van der Waals surface area (Å²) in [5, 5.41) is 8.26. The molecule has 6 heterocycles. The van der Waals surface area contributed by atoms with E-state index in [1.54, 1.807) is 9.80 Å². The number of benzene rings is 1. The molecule has 0 spiro atoms. The molecule has 2 bridgehead atoms. The van der Waals surface area contributed by atoms with Crippen molar-refractivity contribution >= 4 is 51.5 Å². The smallest absolute Gasteiger partial charge is 0.386 e. The maximum Gasteiger partial charge on any atom is 0.418 e. The number of likely N-dealkylation sites (tertiary alicyclic amines) is 1. The van der Waals surface area contributed by atoms with E-state index in [1.807, 2.05) is 16.3 Å². The Balaban J connectivity index is 1.03. The van der Waals surface area contributed by atoms with Crippen molar-refractivity contribution in [1.82, 2.24) is 24.5 Å². The fourth-order valence-corrected chi connectivity index (χ4v) is 10.2. The van der Waals surface area contributed by atoms with Crippen molar-refractivity contribution in [2.24, 2.45) is 5.92 Å². The quantitative estimate of drug-likeness (QED) is 0.354. The Morgan fingerprint density at radius 1 is 0.980 bits per heavy atom. The molecule has 4 amide bonds. The van der Waals surface area contributed by atoms with Crippen LogP contribution in [0.25, 0.3) is 0 Å². The number of carbonyl (C=O) groups excluding carboxylic acids is 3. The number of nitrogens with one attached hydrogen (secondary N) is 2. The fraction of sp³-hybridized carbons (Fsp3) is 0.639. The lowest BCUT2D eigenvalue weighted by atomic mass is 9.91. The second-order valence-electron chi connectivity index (χ2n) is 14.8. The first-order chi connectivity index (χ1) is 24.4. The summed E-state index contributed by atoms with van der Waals surface area (Å²) in [6.07, 6.45) is 1.15. The maximum absolute atomic E-state index is 14.2. The number of anilines is 2. The van der Waals surface area contributed by atoms with Crippen LogP contribution in [0.1, 0.15) is 61.6 Å². The molecule has 7 rings (SSSR count). The Bertz CT molecular complexity index is 1610. The standard InChI is InChI=1S/C36H47ClF3N7O3S/c1-41-32-29(36(38,39)40)16-22(17-30(32)37)15-24(34(49)46-12-10-44(11-13-46)28-19-26-3-4-27(20-28)43(26)2)18-31(48)45-8-5-25(6-9-45)47-21-23-7-14-51-33(23)42-35(47)50/h7,14,16-17,24-28,41H,3-6,8-13,15,18-21H2,1-2H3,(H,42,50)/t24-,26?,27?,28?/m0/s1. The first-order valence-electron chi connectivity index (χ1n) is 18.1. The highest BCUT2D eigenvalue weighted by atomic mass is 35.5. The van der Waals surface area contributed by atoms with Crippen LogP contribution < -0.4 is 10.6 Å². The van der Waals surface area contributed by atoms with Crippen molar-refractivity contribution < 1.29 is 27.6 Å². The number of piperazine rings is 1. The highest BCUT2D eigenvalue weighted by molar-refractivity contribution is 7.14. The van der Waals surface area contributed by atoms with Crippen LogP contribution in [0.3, 0.4) is 0 Å². The van der Waals surface area contributed by atoms with E-state index in [-0.39, 0.29) is 53.0 Å². The topological polar surface area (TPSA) is 91.5 Å². The van der Waals surface area contributed by atoms with E-state index in [4.69, 9.17) is 11.6 Å². The Hall–Kier alpha value is -3.07. The van der Waals surface area contributed by atoms with Gasteiger partial charge in [0.05, 0.1) is 28.7 Å². The minimum Gasteiger partial charge on any atom is -0.386 e. The van der Waals surface area contributed by atoms with E-state index < -0.39 is 17.7 Å². The molecule has 10 nitrogen and oxygen atoms in total. The van der Waals surface area contributed by atoms with E-state index in [2.05, 4.69) is 27.5 Å². The van der Waals surface area contributed by atoms with Gasteiger partial charge in [0.2, 0.25) is 11.8 Å². The largest absolute Gasteiger partial charge is 0.418 e. The highest BCUT2D eigenvalue weighted by Crippen LogP contribution is 2.41. The summed E-state index contributed by atoms with van der Waals surface area (Å²) in [6.45, 7) is 3.92. The molecule has 0 radical (unpaired) electrons. The fourth-order valence-electron chi connectivity index (χ4n) is 9.09. The van der Waals surface area contributed by atoms with Gasteiger partial charge in [0, 0.05) is 82.5 Å². The second kappa shape index (κ2) is 14.7. The average Bonchev–Trinajstić information content (AvgIpc) is 3.63. The Labute approximate surface area is 306 Å². The summed E-state index contributed by atoms with van der Waals surface area (Å²) in [5.74, 6) is -1.26. The highest BCUT2D eigenvalue weighted by Gasteiger charge is 2.42. The van der Waals surface area contributed by atoms with Crippen LogP contribution in [-0.4, -0.2) is 120 Å². The third-order valence-electron chi connectivity index (χ3n) is 12.0. The zero-order chi connectivity index (χ0) is 36.0. The first kappa shape index (κ1) is 36.3. The predicted molar refractivity (Wildman–Crippen MR) is 192 cm³/mol. The summed E-state index contributed by atoms with van der Waals surface area (Å²) in [4.78, 5) is 51.3. The first-order valence-corrected chi connectivity index (χ1v) is 19.4. The van der Waals surface area contributed by atoms with E-state index in [1.165, 1.54) is 37.3 Å². The van der Waals surface area contributed by atoms with Crippen molar-refractivity contribution in [1.29, 1.82) is 0 Å². The number of thiophene rings is 1. The molecule has 278 valence electrons. The number of nitrogens with zero attached hydrogens (tertiary/aromatic N) is 5. The van der Waals surface area contributed by atoms with Gasteiger partial charge in [0.1, 0.15) is 5.00 Å².